The van der Waals surface area contributed by atoms with Gasteiger partial charge in [0.05, 0.1) is 6.04 Å². The molecule has 1 N–H and O–H groups in total. The van der Waals surface area contributed by atoms with Crippen molar-refractivity contribution in [2.75, 3.05) is 24.5 Å². The number of aryl methyl sites for hydroxylation is 1. The molecule has 6 nitrogen and oxygen atoms in total. The molecule has 120 valence electrons. The van der Waals surface area contributed by atoms with Gasteiger partial charge < -0.3 is 10.2 Å². The van der Waals surface area contributed by atoms with Crippen molar-refractivity contribution in [1.82, 2.24) is 20.1 Å². The van der Waals surface area contributed by atoms with E-state index in [-0.39, 0.29) is 5.91 Å². The molecule has 0 bridgehead atoms. The molecule has 0 aliphatic carbocycles. The van der Waals surface area contributed by atoms with E-state index in [1.807, 2.05) is 16.8 Å². The Hall–Kier alpha value is -2.21. The number of rotatable bonds is 2. The van der Waals surface area contributed by atoms with Gasteiger partial charge in [0.1, 0.15) is 6.33 Å². The van der Waals surface area contributed by atoms with Gasteiger partial charge in [-0.05, 0) is 49.9 Å². The van der Waals surface area contributed by atoms with Crippen molar-refractivity contribution in [3.63, 3.8) is 0 Å². The van der Waals surface area contributed by atoms with E-state index >= 15 is 0 Å². The Kier molecular flexibility index (Phi) is 3.61. The van der Waals surface area contributed by atoms with Crippen molar-refractivity contribution in [2.24, 2.45) is 0 Å². The number of amides is 1. The Balaban J connectivity index is 1.57. The first-order chi connectivity index (χ1) is 11.2. The van der Waals surface area contributed by atoms with Gasteiger partial charge in [0.15, 0.2) is 0 Å². The van der Waals surface area contributed by atoms with Crippen LogP contribution in [0.25, 0.3) is 0 Å². The number of carbonyl (C=O) groups excluding carboxylic acids is 1. The highest BCUT2D eigenvalue weighted by atomic mass is 16.2. The molecule has 2 aliphatic rings. The molecular weight excluding hydrogens is 290 g/mol. The van der Waals surface area contributed by atoms with Gasteiger partial charge in [-0.2, -0.15) is 0 Å². The van der Waals surface area contributed by atoms with Gasteiger partial charge in [0, 0.05) is 18.8 Å². The third kappa shape index (κ3) is 2.53. The molecule has 1 unspecified atom stereocenters. The average Bonchev–Trinajstić information content (AvgIpc) is 3.23. The molecule has 1 atom stereocenters. The summed E-state index contributed by atoms with van der Waals surface area (Å²) in [7, 11) is 0. The van der Waals surface area contributed by atoms with Gasteiger partial charge >= 0.3 is 0 Å². The van der Waals surface area contributed by atoms with Crippen LogP contribution in [0.1, 0.15) is 40.6 Å². The Bertz CT molecular complexity index is 732. The maximum absolute atomic E-state index is 12.8. The van der Waals surface area contributed by atoms with E-state index in [4.69, 9.17) is 0 Å². The Labute approximate surface area is 135 Å². The monoisotopic (exact) mass is 311 g/mol. The number of nitrogens with zero attached hydrogens (tertiary/aromatic N) is 4. The van der Waals surface area contributed by atoms with Crippen LogP contribution in [0, 0.1) is 6.92 Å². The fourth-order valence-electron chi connectivity index (χ4n) is 3.55. The molecule has 1 amide bonds. The van der Waals surface area contributed by atoms with Gasteiger partial charge in [-0.25, -0.2) is 9.67 Å². The minimum atomic E-state index is -0.100. The van der Waals surface area contributed by atoms with E-state index in [2.05, 4.69) is 28.4 Å². The second-order valence-corrected chi connectivity index (χ2v) is 6.33. The number of hydrogen-bond acceptors (Lipinski definition) is 4. The summed E-state index contributed by atoms with van der Waals surface area (Å²) in [4.78, 5) is 18.9. The zero-order valence-corrected chi connectivity index (χ0v) is 13.3. The number of fused-ring (bicyclic) bond motifs is 1. The molecular formula is C17H21N5O. The van der Waals surface area contributed by atoms with Gasteiger partial charge in [-0.1, -0.05) is 12.1 Å². The van der Waals surface area contributed by atoms with Crippen molar-refractivity contribution in [3.05, 3.63) is 41.5 Å². The fourth-order valence-corrected chi connectivity index (χ4v) is 3.55. The van der Waals surface area contributed by atoms with Gasteiger partial charge in [-0.3, -0.25) is 4.79 Å². The highest BCUT2D eigenvalue weighted by Gasteiger charge is 2.29. The molecule has 0 radical (unpaired) electrons. The summed E-state index contributed by atoms with van der Waals surface area (Å²) in [5.74, 6) is 0.196. The molecule has 4 rings (SSSR count). The molecule has 1 saturated heterocycles. The summed E-state index contributed by atoms with van der Waals surface area (Å²) in [6, 6.07) is 6.40. The summed E-state index contributed by atoms with van der Waals surface area (Å²) in [5.41, 5.74) is 3.51. The van der Waals surface area contributed by atoms with E-state index in [9.17, 15) is 4.79 Å². The number of benzene rings is 1. The minimum absolute atomic E-state index is 0.100. The Morgan fingerprint density at radius 2 is 2.30 bits per heavy atom. The molecule has 3 heterocycles. The summed E-state index contributed by atoms with van der Waals surface area (Å²) >= 11 is 0. The third-order valence-electron chi connectivity index (χ3n) is 4.85. The number of aromatic nitrogens is 3. The quantitative estimate of drug-likeness (QED) is 0.917. The number of anilines is 1. The Morgan fingerprint density at radius 1 is 1.39 bits per heavy atom. The van der Waals surface area contributed by atoms with Gasteiger partial charge in [0.25, 0.3) is 5.91 Å². The molecule has 0 saturated carbocycles. The summed E-state index contributed by atoms with van der Waals surface area (Å²) in [6.45, 7) is 4.75. The zero-order valence-electron chi connectivity index (χ0n) is 13.3. The first-order valence-electron chi connectivity index (χ1n) is 8.26. The normalized spacial score (nSPS) is 20.6. The smallest absolute Gasteiger partial charge is 0.297 e. The molecule has 6 heteroatoms. The molecule has 23 heavy (non-hydrogen) atoms. The van der Waals surface area contributed by atoms with Crippen molar-refractivity contribution in [3.8, 4) is 0 Å². The predicted octanol–water partition coefficient (Wildman–Crippen LogP) is 1.71. The van der Waals surface area contributed by atoms with Gasteiger partial charge in [0.2, 0.25) is 5.82 Å². The molecule has 0 spiro atoms. The van der Waals surface area contributed by atoms with Crippen LogP contribution in [0.4, 0.5) is 5.69 Å². The number of nitrogens with one attached hydrogen (secondary N) is 1. The van der Waals surface area contributed by atoms with Crippen LogP contribution < -0.4 is 10.2 Å². The highest BCUT2D eigenvalue weighted by Crippen LogP contribution is 2.31. The SMILES string of the molecule is Cc1cccc2c1CCN2C(=O)c1ncn(C2CCCNC2)n1. The van der Waals surface area contributed by atoms with E-state index in [0.717, 1.165) is 38.0 Å². The Morgan fingerprint density at radius 3 is 3.13 bits per heavy atom. The van der Waals surface area contributed by atoms with Gasteiger partial charge in [-0.15, -0.1) is 5.10 Å². The lowest BCUT2D eigenvalue weighted by molar-refractivity contribution is 0.0978. The number of hydrogen-bond donors (Lipinski definition) is 1. The van der Waals surface area contributed by atoms with Crippen LogP contribution in [0.2, 0.25) is 0 Å². The largest absolute Gasteiger partial charge is 0.315 e. The first kappa shape index (κ1) is 14.4. The van der Waals surface area contributed by atoms with Crippen molar-refractivity contribution >= 4 is 11.6 Å². The maximum Gasteiger partial charge on any atom is 0.297 e. The topological polar surface area (TPSA) is 63.1 Å². The van der Waals surface area contributed by atoms with Crippen LogP contribution in [0.5, 0.6) is 0 Å². The molecule has 2 aromatic rings. The lowest BCUT2D eigenvalue weighted by Crippen LogP contribution is -2.32. The van der Waals surface area contributed by atoms with E-state index < -0.39 is 0 Å². The number of carbonyl (C=O) groups is 1. The summed E-state index contributed by atoms with van der Waals surface area (Å²) in [5, 5.41) is 7.81. The van der Waals surface area contributed by atoms with Crippen LogP contribution >= 0.6 is 0 Å². The van der Waals surface area contributed by atoms with Crippen molar-refractivity contribution in [2.45, 2.75) is 32.2 Å². The summed E-state index contributed by atoms with van der Waals surface area (Å²) in [6.07, 6.45) is 4.81. The predicted molar refractivity (Wildman–Crippen MR) is 87.7 cm³/mol. The van der Waals surface area contributed by atoms with Crippen molar-refractivity contribution < 1.29 is 4.79 Å². The molecule has 1 aromatic carbocycles. The molecule has 1 aromatic heterocycles. The minimum Gasteiger partial charge on any atom is -0.315 e. The first-order valence-corrected chi connectivity index (χ1v) is 8.26. The van der Waals surface area contributed by atoms with Crippen LogP contribution in [-0.4, -0.2) is 40.3 Å². The van der Waals surface area contributed by atoms with E-state index in [1.54, 1.807) is 11.2 Å². The standard InChI is InChI=1S/C17H21N5O/c1-12-4-2-6-15-14(12)7-9-21(15)17(23)16-19-11-22(20-16)13-5-3-8-18-10-13/h2,4,6,11,13,18H,3,5,7-10H2,1H3. The van der Waals surface area contributed by atoms with E-state index in [0.29, 0.717) is 18.4 Å². The lowest BCUT2D eigenvalue weighted by atomic mass is 10.1. The van der Waals surface area contributed by atoms with Crippen LogP contribution in [0.3, 0.4) is 0 Å². The molecule has 1 fully saturated rings. The second-order valence-electron chi connectivity index (χ2n) is 6.33. The molecule has 2 aliphatic heterocycles. The lowest BCUT2D eigenvalue weighted by Gasteiger charge is -2.22. The fraction of sp³-hybridized carbons (Fsp3) is 0.471. The van der Waals surface area contributed by atoms with Crippen LogP contribution in [0.15, 0.2) is 24.5 Å². The van der Waals surface area contributed by atoms with Crippen LogP contribution in [-0.2, 0) is 6.42 Å². The number of piperidine rings is 1. The van der Waals surface area contributed by atoms with Crippen molar-refractivity contribution in [1.29, 1.82) is 0 Å². The highest BCUT2D eigenvalue weighted by molar-refractivity contribution is 6.04. The maximum atomic E-state index is 12.8. The average molecular weight is 311 g/mol. The zero-order chi connectivity index (χ0) is 15.8. The summed E-state index contributed by atoms with van der Waals surface area (Å²) < 4.78 is 1.84. The third-order valence-corrected chi connectivity index (χ3v) is 4.85. The van der Waals surface area contributed by atoms with E-state index in [1.165, 1.54) is 11.1 Å². The second kappa shape index (κ2) is 5.77.